The van der Waals surface area contributed by atoms with Crippen molar-refractivity contribution in [2.75, 3.05) is 25.1 Å². The summed E-state index contributed by atoms with van der Waals surface area (Å²) in [4.78, 5) is 14.2. The topological polar surface area (TPSA) is 49.3 Å². The Kier molecular flexibility index (Phi) is 3.81. The minimum Gasteiger partial charge on any atom is -0.324 e. The lowest BCUT2D eigenvalue weighted by Gasteiger charge is -2.30. The summed E-state index contributed by atoms with van der Waals surface area (Å²) in [6, 6.07) is 6.71. The SMILES string of the molecule is CCN(CC)C(=O)Nn1cc2c3c(cccc31)C1=CCCN[C@@H]1C2. The second kappa shape index (κ2) is 5.98. The number of hydrogen-bond donors (Lipinski definition) is 2. The second-order valence-corrected chi connectivity index (χ2v) is 6.47. The van der Waals surface area contributed by atoms with Crippen molar-refractivity contribution in [3.63, 3.8) is 0 Å². The molecule has 1 aliphatic heterocycles. The van der Waals surface area contributed by atoms with E-state index in [1.54, 1.807) is 4.90 Å². The third-order valence-corrected chi connectivity index (χ3v) is 5.18. The molecule has 2 aromatic rings. The third kappa shape index (κ3) is 2.31. The highest BCUT2D eigenvalue weighted by molar-refractivity contribution is 5.99. The monoisotopic (exact) mass is 324 g/mol. The Morgan fingerprint density at radius 1 is 1.38 bits per heavy atom. The van der Waals surface area contributed by atoms with Gasteiger partial charge in [-0.2, -0.15) is 0 Å². The zero-order valence-corrected chi connectivity index (χ0v) is 14.3. The number of carbonyl (C=O) groups is 1. The first-order chi connectivity index (χ1) is 11.7. The quantitative estimate of drug-likeness (QED) is 0.912. The molecule has 0 saturated heterocycles. The summed E-state index contributed by atoms with van der Waals surface area (Å²) in [6.07, 6.45) is 6.51. The Hall–Kier alpha value is -2.27. The Morgan fingerprint density at radius 2 is 2.21 bits per heavy atom. The number of hydrogen-bond acceptors (Lipinski definition) is 2. The third-order valence-electron chi connectivity index (χ3n) is 5.18. The van der Waals surface area contributed by atoms with Crippen LogP contribution in [0.25, 0.3) is 16.5 Å². The molecule has 0 radical (unpaired) electrons. The van der Waals surface area contributed by atoms with Gasteiger partial charge >= 0.3 is 6.03 Å². The molecule has 0 spiro atoms. The molecular weight excluding hydrogens is 300 g/mol. The van der Waals surface area contributed by atoms with Crippen LogP contribution in [0.1, 0.15) is 31.4 Å². The zero-order chi connectivity index (χ0) is 16.7. The first-order valence-corrected chi connectivity index (χ1v) is 8.85. The number of urea groups is 1. The average Bonchev–Trinajstić information content (AvgIpc) is 2.95. The molecular formula is C19H24N4O. The summed E-state index contributed by atoms with van der Waals surface area (Å²) in [6.45, 7) is 6.45. The molecule has 5 heteroatoms. The molecule has 4 rings (SSSR count). The minimum absolute atomic E-state index is 0.0529. The van der Waals surface area contributed by atoms with E-state index in [0.29, 0.717) is 19.1 Å². The van der Waals surface area contributed by atoms with Crippen LogP contribution in [0.2, 0.25) is 0 Å². The molecule has 1 aliphatic carbocycles. The molecule has 0 bridgehead atoms. The van der Waals surface area contributed by atoms with E-state index >= 15 is 0 Å². The lowest BCUT2D eigenvalue weighted by atomic mass is 9.83. The molecule has 0 fully saturated rings. The van der Waals surface area contributed by atoms with E-state index in [1.165, 1.54) is 22.1 Å². The first-order valence-electron chi connectivity index (χ1n) is 8.85. The number of nitrogens with one attached hydrogen (secondary N) is 2. The number of nitrogens with zero attached hydrogens (tertiary/aromatic N) is 2. The largest absolute Gasteiger partial charge is 0.336 e. The van der Waals surface area contributed by atoms with E-state index in [1.807, 2.05) is 18.5 Å². The van der Waals surface area contributed by atoms with E-state index in [2.05, 4.69) is 41.2 Å². The molecule has 2 heterocycles. The second-order valence-electron chi connectivity index (χ2n) is 6.47. The maximum atomic E-state index is 12.4. The van der Waals surface area contributed by atoms with Crippen molar-refractivity contribution in [3.8, 4) is 0 Å². The summed E-state index contributed by atoms with van der Waals surface area (Å²) in [7, 11) is 0. The van der Waals surface area contributed by atoms with Crippen LogP contribution in [0.15, 0.2) is 30.5 Å². The smallest absolute Gasteiger partial charge is 0.324 e. The standard InChI is InChI=1S/C19H24N4O/c1-3-22(4-2)19(24)21-23-12-13-11-16-14(8-6-10-20-16)15-7-5-9-17(23)18(13)15/h5,7-9,12,16,20H,3-4,6,10-11H2,1-2H3,(H,21,24)/t16-/m1/s1. The van der Waals surface area contributed by atoms with Crippen molar-refractivity contribution in [1.29, 1.82) is 0 Å². The highest BCUT2D eigenvalue weighted by Crippen LogP contribution is 2.38. The predicted molar refractivity (Wildman–Crippen MR) is 97.7 cm³/mol. The molecule has 0 unspecified atom stereocenters. The molecule has 1 aromatic carbocycles. The van der Waals surface area contributed by atoms with Crippen LogP contribution < -0.4 is 10.7 Å². The van der Waals surface area contributed by atoms with Gasteiger partial charge in [0.25, 0.3) is 0 Å². The van der Waals surface area contributed by atoms with E-state index in [4.69, 9.17) is 0 Å². The van der Waals surface area contributed by atoms with Gasteiger partial charge in [-0.15, -0.1) is 0 Å². The van der Waals surface area contributed by atoms with Gasteiger partial charge in [0.15, 0.2) is 0 Å². The molecule has 2 N–H and O–H groups in total. The molecule has 24 heavy (non-hydrogen) atoms. The van der Waals surface area contributed by atoms with Crippen molar-refractivity contribution >= 4 is 22.5 Å². The highest BCUT2D eigenvalue weighted by Gasteiger charge is 2.28. The summed E-state index contributed by atoms with van der Waals surface area (Å²) in [5.74, 6) is 0. The van der Waals surface area contributed by atoms with Gasteiger partial charge in [-0.1, -0.05) is 18.2 Å². The summed E-state index contributed by atoms with van der Waals surface area (Å²) in [5, 5.41) is 4.90. The van der Waals surface area contributed by atoms with Gasteiger partial charge in [-0.3, -0.25) is 4.68 Å². The van der Waals surface area contributed by atoms with E-state index < -0.39 is 0 Å². The minimum atomic E-state index is -0.0529. The molecule has 5 nitrogen and oxygen atoms in total. The highest BCUT2D eigenvalue weighted by atomic mass is 16.2. The fourth-order valence-electron chi connectivity index (χ4n) is 3.98. The normalized spacial score (nSPS) is 18.9. The lowest BCUT2D eigenvalue weighted by Crippen LogP contribution is -2.38. The van der Waals surface area contributed by atoms with Crippen LogP contribution in [0.3, 0.4) is 0 Å². The Bertz CT molecular complexity index is 816. The average molecular weight is 324 g/mol. The van der Waals surface area contributed by atoms with Gasteiger partial charge < -0.3 is 10.2 Å². The maximum Gasteiger partial charge on any atom is 0.336 e. The molecule has 2 amide bonds. The fraction of sp³-hybridized carbons (Fsp3) is 0.421. The van der Waals surface area contributed by atoms with Gasteiger partial charge in [0.2, 0.25) is 0 Å². The van der Waals surface area contributed by atoms with Crippen molar-refractivity contribution in [3.05, 3.63) is 41.6 Å². The Labute approximate surface area is 142 Å². The number of carbonyl (C=O) groups excluding carboxylic acids is 1. The maximum absolute atomic E-state index is 12.4. The number of fused-ring (bicyclic) bond motifs is 2. The van der Waals surface area contributed by atoms with E-state index in [-0.39, 0.29) is 6.03 Å². The van der Waals surface area contributed by atoms with Crippen LogP contribution in [0.5, 0.6) is 0 Å². The Balaban J connectivity index is 1.77. The number of amides is 2. The lowest BCUT2D eigenvalue weighted by molar-refractivity contribution is 0.214. The zero-order valence-electron chi connectivity index (χ0n) is 14.3. The van der Waals surface area contributed by atoms with Crippen LogP contribution in [-0.4, -0.2) is 41.3 Å². The number of benzene rings is 1. The van der Waals surface area contributed by atoms with Crippen LogP contribution in [-0.2, 0) is 6.42 Å². The number of rotatable bonds is 3. The van der Waals surface area contributed by atoms with Crippen molar-refractivity contribution < 1.29 is 4.79 Å². The first kappa shape index (κ1) is 15.3. The molecule has 1 atom stereocenters. The molecule has 1 aromatic heterocycles. The van der Waals surface area contributed by atoms with Gasteiger partial charge in [0.1, 0.15) is 0 Å². The van der Waals surface area contributed by atoms with E-state index in [0.717, 1.165) is 24.9 Å². The fourth-order valence-corrected chi connectivity index (χ4v) is 3.98. The molecule has 2 aliphatic rings. The van der Waals surface area contributed by atoms with Gasteiger partial charge in [-0.05, 0) is 56.0 Å². The number of aromatic nitrogens is 1. The van der Waals surface area contributed by atoms with Crippen molar-refractivity contribution in [2.24, 2.45) is 0 Å². The summed E-state index contributed by atoms with van der Waals surface area (Å²) < 4.78 is 1.90. The van der Waals surface area contributed by atoms with Gasteiger partial charge in [0.05, 0.1) is 5.52 Å². The van der Waals surface area contributed by atoms with Gasteiger partial charge in [0, 0.05) is 30.7 Å². The summed E-state index contributed by atoms with van der Waals surface area (Å²) in [5.41, 5.74) is 8.14. The van der Waals surface area contributed by atoms with Crippen molar-refractivity contribution in [1.82, 2.24) is 14.9 Å². The Morgan fingerprint density at radius 3 is 3.00 bits per heavy atom. The van der Waals surface area contributed by atoms with Gasteiger partial charge in [-0.25, -0.2) is 10.2 Å². The van der Waals surface area contributed by atoms with Crippen LogP contribution >= 0.6 is 0 Å². The van der Waals surface area contributed by atoms with E-state index in [9.17, 15) is 4.79 Å². The van der Waals surface area contributed by atoms with Crippen molar-refractivity contribution in [2.45, 2.75) is 32.7 Å². The molecule has 0 saturated carbocycles. The predicted octanol–water partition coefficient (Wildman–Crippen LogP) is 2.95. The molecule has 126 valence electrons. The van der Waals surface area contributed by atoms with Crippen LogP contribution in [0, 0.1) is 0 Å². The summed E-state index contributed by atoms with van der Waals surface area (Å²) >= 11 is 0. The van der Waals surface area contributed by atoms with Crippen LogP contribution in [0.4, 0.5) is 4.79 Å².